The maximum atomic E-state index is 5.86. The standard InChI is InChI=1S/C24H23N3O3/c1-2-28-24-16-19(17-26-27-18-25-21-10-6-7-11-22(21)27)12-13-23(24)30-15-14-29-20-8-4-3-5-9-20/h3-13,16-18H,2,14-15H2,1H3/b26-17-. The second-order valence-electron chi connectivity index (χ2n) is 6.47. The second-order valence-corrected chi connectivity index (χ2v) is 6.47. The van der Waals surface area contributed by atoms with Crippen molar-refractivity contribution in [2.75, 3.05) is 19.8 Å². The first-order valence-electron chi connectivity index (χ1n) is 9.87. The molecule has 4 aromatic rings. The predicted octanol–water partition coefficient (Wildman–Crippen LogP) is 4.78. The minimum Gasteiger partial charge on any atom is -0.490 e. The Kier molecular flexibility index (Phi) is 6.25. The van der Waals surface area contributed by atoms with Gasteiger partial charge in [-0.2, -0.15) is 5.10 Å². The number of aromatic nitrogens is 2. The van der Waals surface area contributed by atoms with Crippen LogP contribution in [-0.4, -0.2) is 35.7 Å². The zero-order valence-corrected chi connectivity index (χ0v) is 16.8. The molecule has 0 aliphatic heterocycles. The molecule has 0 bridgehead atoms. The van der Waals surface area contributed by atoms with Crippen molar-refractivity contribution >= 4 is 17.2 Å². The number of benzene rings is 3. The normalized spacial score (nSPS) is 11.1. The van der Waals surface area contributed by atoms with Gasteiger partial charge < -0.3 is 14.2 Å². The summed E-state index contributed by atoms with van der Waals surface area (Å²) >= 11 is 0. The Hall–Kier alpha value is -3.80. The van der Waals surface area contributed by atoms with Gasteiger partial charge in [-0.3, -0.25) is 0 Å². The van der Waals surface area contributed by atoms with Gasteiger partial charge in [-0.15, -0.1) is 0 Å². The van der Waals surface area contributed by atoms with Gasteiger partial charge in [-0.1, -0.05) is 30.3 Å². The Morgan fingerprint density at radius 3 is 2.53 bits per heavy atom. The van der Waals surface area contributed by atoms with Gasteiger partial charge in [0.2, 0.25) is 0 Å². The van der Waals surface area contributed by atoms with Crippen LogP contribution in [0, 0.1) is 0 Å². The Morgan fingerprint density at radius 2 is 1.67 bits per heavy atom. The molecule has 1 aromatic heterocycles. The van der Waals surface area contributed by atoms with Gasteiger partial charge in [0, 0.05) is 0 Å². The first-order chi connectivity index (χ1) is 14.8. The van der Waals surface area contributed by atoms with Crippen LogP contribution in [0.3, 0.4) is 0 Å². The van der Waals surface area contributed by atoms with Crippen molar-refractivity contribution in [3.63, 3.8) is 0 Å². The summed E-state index contributed by atoms with van der Waals surface area (Å²) in [6.07, 6.45) is 3.48. The Bertz CT molecular complexity index is 1120. The van der Waals surface area contributed by atoms with Crippen LogP contribution in [-0.2, 0) is 0 Å². The van der Waals surface area contributed by atoms with E-state index in [4.69, 9.17) is 14.2 Å². The molecule has 0 saturated heterocycles. The smallest absolute Gasteiger partial charge is 0.161 e. The zero-order valence-electron chi connectivity index (χ0n) is 16.8. The minimum atomic E-state index is 0.420. The third kappa shape index (κ3) is 4.78. The maximum Gasteiger partial charge on any atom is 0.161 e. The van der Waals surface area contributed by atoms with E-state index in [1.54, 1.807) is 17.2 Å². The van der Waals surface area contributed by atoms with Crippen LogP contribution in [0.5, 0.6) is 17.2 Å². The predicted molar refractivity (Wildman–Crippen MR) is 118 cm³/mol. The summed E-state index contributed by atoms with van der Waals surface area (Å²) in [6.45, 7) is 3.36. The minimum absolute atomic E-state index is 0.420. The molecule has 6 heteroatoms. The Labute approximate surface area is 175 Å². The van der Waals surface area contributed by atoms with Crippen LogP contribution in [0.4, 0.5) is 0 Å². The molecule has 0 aliphatic rings. The summed E-state index contributed by atoms with van der Waals surface area (Å²) in [7, 11) is 0. The SMILES string of the molecule is CCOc1cc(/C=N\n2cnc3ccccc32)ccc1OCCOc1ccccc1. The molecule has 1 heterocycles. The van der Waals surface area contributed by atoms with Crippen molar-refractivity contribution in [3.8, 4) is 17.2 Å². The highest BCUT2D eigenvalue weighted by atomic mass is 16.5. The average molecular weight is 401 g/mol. The van der Waals surface area contributed by atoms with Gasteiger partial charge in [0.05, 0.1) is 23.9 Å². The molecule has 0 fully saturated rings. The van der Waals surface area contributed by atoms with Gasteiger partial charge in [0.25, 0.3) is 0 Å². The molecular formula is C24H23N3O3. The molecule has 152 valence electrons. The maximum absolute atomic E-state index is 5.86. The largest absolute Gasteiger partial charge is 0.490 e. The lowest BCUT2D eigenvalue weighted by Gasteiger charge is -2.13. The van der Waals surface area contributed by atoms with E-state index in [9.17, 15) is 0 Å². The number of fused-ring (bicyclic) bond motifs is 1. The molecule has 0 radical (unpaired) electrons. The van der Waals surface area contributed by atoms with Crippen molar-refractivity contribution in [2.45, 2.75) is 6.92 Å². The van der Waals surface area contributed by atoms with Crippen molar-refractivity contribution in [1.82, 2.24) is 9.66 Å². The fourth-order valence-corrected chi connectivity index (χ4v) is 2.99. The quantitative estimate of drug-likeness (QED) is 0.299. The summed E-state index contributed by atoms with van der Waals surface area (Å²) in [4.78, 5) is 4.35. The number of nitrogens with zero attached hydrogens (tertiary/aromatic N) is 3. The summed E-state index contributed by atoms with van der Waals surface area (Å²) in [5.41, 5.74) is 2.77. The molecule has 3 aromatic carbocycles. The second kappa shape index (κ2) is 9.60. The number of hydrogen-bond acceptors (Lipinski definition) is 5. The molecule has 30 heavy (non-hydrogen) atoms. The van der Waals surface area contributed by atoms with Crippen LogP contribution >= 0.6 is 0 Å². The zero-order chi connectivity index (χ0) is 20.6. The molecular weight excluding hydrogens is 378 g/mol. The first kappa shape index (κ1) is 19.5. The lowest BCUT2D eigenvalue weighted by molar-refractivity contribution is 0.208. The van der Waals surface area contributed by atoms with E-state index in [0.717, 1.165) is 22.3 Å². The molecule has 4 rings (SSSR count). The van der Waals surface area contributed by atoms with Gasteiger partial charge in [0.15, 0.2) is 11.5 Å². The van der Waals surface area contributed by atoms with E-state index in [1.807, 2.05) is 79.7 Å². The van der Waals surface area contributed by atoms with Crippen molar-refractivity contribution in [3.05, 3.63) is 84.7 Å². The third-order valence-electron chi connectivity index (χ3n) is 4.39. The van der Waals surface area contributed by atoms with E-state index in [2.05, 4.69) is 10.1 Å². The van der Waals surface area contributed by atoms with E-state index in [0.29, 0.717) is 31.3 Å². The lowest BCUT2D eigenvalue weighted by Crippen LogP contribution is -2.10. The van der Waals surface area contributed by atoms with E-state index < -0.39 is 0 Å². The topological polar surface area (TPSA) is 57.9 Å². The van der Waals surface area contributed by atoms with Gasteiger partial charge in [-0.05, 0) is 55.0 Å². The highest BCUT2D eigenvalue weighted by Crippen LogP contribution is 2.28. The van der Waals surface area contributed by atoms with Crippen molar-refractivity contribution < 1.29 is 14.2 Å². The third-order valence-corrected chi connectivity index (χ3v) is 4.39. The summed E-state index contributed by atoms with van der Waals surface area (Å²) < 4.78 is 19.0. The molecule has 0 aliphatic carbocycles. The van der Waals surface area contributed by atoms with E-state index >= 15 is 0 Å². The van der Waals surface area contributed by atoms with Crippen molar-refractivity contribution in [1.29, 1.82) is 0 Å². The fraction of sp³-hybridized carbons (Fsp3) is 0.167. The lowest BCUT2D eigenvalue weighted by atomic mass is 10.2. The molecule has 0 spiro atoms. The molecule has 0 atom stereocenters. The van der Waals surface area contributed by atoms with Crippen LogP contribution in [0.2, 0.25) is 0 Å². The molecule has 0 saturated carbocycles. The van der Waals surface area contributed by atoms with Crippen LogP contribution in [0.15, 0.2) is 84.2 Å². The molecule has 0 unspecified atom stereocenters. The number of rotatable bonds is 9. The van der Waals surface area contributed by atoms with Crippen LogP contribution in [0.25, 0.3) is 11.0 Å². The monoisotopic (exact) mass is 401 g/mol. The molecule has 0 N–H and O–H groups in total. The fourth-order valence-electron chi connectivity index (χ4n) is 2.99. The summed E-state index contributed by atoms with van der Waals surface area (Å²) in [5.74, 6) is 2.18. The van der Waals surface area contributed by atoms with Crippen LogP contribution < -0.4 is 14.2 Å². The summed E-state index contributed by atoms with van der Waals surface area (Å²) in [5, 5.41) is 4.52. The number of hydrogen-bond donors (Lipinski definition) is 0. The van der Waals surface area contributed by atoms with E-state index in [1.165, 1.54) is 0 Å². The number of imidazole rings is 1. The Balaban J connectivity index is 1.42. The highest BCUT2D eigenvalue weighted by molar-refractivity contribution is 5.82. The van der Waals surface area contributed by atoms with Crippen LogP contribution in [0.1, 0.15) is 12.5 Å². The van der Waals surface area contributed by atoms with Gasteiger partial charge in [-0.25, -0.2) is 9.66 Å². The Morgan fingerprint density at radius 1 is 0.867 bits per heavy atom. The molecule has 6 nitrogen and oxygen atoms in total. The van der Waals surface area contributed by atoms with Gasteiger partial charge in [0.1, 0.15) is 25.3 Å². The number of ether oxygens (including phenoxy) is 3. The first-order valence-corrected chi connectivity index (χ1v) is 9.87. The average Bonchev–Trinajstić information content (AvgIpc) is 3.20. The van der Waals surface area contributed by atoms with Crippen molar-refractivity contribution in [2.24, 2.45) is 5.10 Å². The number of para-hydroxylation sites is 3. The van der Waals surface area contributed by atoms with Gasteiger partial charge >= 0.3 is 0 Å². The van der Waals surface area contributed by atoms with E-state index in [-0.39, 0.29) is 0 Å². The highest BCUT2D eigenvalue weighted by Gasteiger charge is 2.07. The summed E-state index contributed by atoms with van der Waals surface area (Å²) in [6, 6.07) is 23.3. The molecule has 0 amide bonds.